The Bertz CT molecular complexity index is 1900. The second kappa shape index (κ2) is 10.4. The van der Waals surface area contributed by atoms with Crippen molar-refractivity contribution in [3.63, 3.8) is 0 Å². The van der Waals surface area contributed by atoms with Crippen LogP contribution < -0.4 is 5.32 Å². The Balaban J connectivity index is 1.23. The number of hydrogen-bond acceptors (Lipinski definition) is 7. The van der Waals surface area contributed by atoms with Gasteiger partial charge < -0.3 is 14.8 Å². The molecule has 9 nitrogen and oxygen atoms in total. The smallest absolute Gasteiger partial charge is 0.307 e. The third-order valence-corrected chi connectivity index (χ3v) is 8.66. The fraction of sp³-hybridized carbons (Fsp3) is 0.250. The van der Waals surface area contributed by atoms with Gasteiger partial charge in [-0.05, 0) is 60.8 Å². The van der Waals surface area contributed by atoms with Crippen molar-refractivity contribution in [1.29, 1.82) is 5.26 Å². The lowest BCUT2D eigenvalue weighted by Gasteiger charge is -2.15. The van der Waals surface area contributed by atoms with Gasteiger partial charge in [0, 0.05) is 49.1 Å². The van der Waals surface area contributed by atoms with Crippen molar-refractivity contribution in [3.8, 4) is 34.3 Å². The molecule has 210 valence electrons. The monoisotopic (exact) mass is 578 g/mol. The molecule has 0 radical (unpaired) electrons. The van der Waals surface area contributed by atoms with E-state index in [9.17, 15) is 15.2 Å². The van der Waals surface area contributed by atoms with Crippen LogP contribution in [0.4, 0.5) is 0 Å². The summed E-state index contributed by atoms with van der Waals surface area (Å²) in [7, 11) is 0. The number of oxazole rings is 1. The highest BCUT2D eigenvalue weighted by Crippen LogP contribution is 2.39. The zero-order valence-corrected chi connectivity index (χ0v) is 23.6. The third kappa shape index (κ3) is 4.54. The topological polar surface area (TPSA) is 120 Å². The molecule has 0 amide bonds. The Labute approximate surface area is 247 Å². The van der Waals surface area contributed by atoms with Crippen LogP contribution in [0.15, 0.2) is 59.1 Å². The zero-order valence-electron chi connectivity index (χ0n) is 22.9. The van der Waals surface area contributed by atoms with E-state index in [-0.39, 0.29) is 5.92 Å². The number of nitriles is 1. The largest absolute Gasteiger partial charge is 0.481 e. The van der Waals surface area contributed by atoms with Crippen LogP contribution in [-0.4, -0.2) is 43.8 Å². The molecule has 42 heavy (non-hydrogen) atoms. The summed E-state index contributed by atoms with van der Waals surface area (Å²) >= 11 is 7.00. The lowest BCUT2D eigenvalue weighted by Crippen LogP contribution is -2.22. The van der Waals surface area contributed by atoms with E-state index in [4.69, 9.17) is 26.1 Å². The van der Waals surface area contributed by atoms with Gasteiger partial charge in [-0.3, -0.25) is 9.69 Å². The van der Waals surface area contributed by atoms with E-state index < -0.39 is 5.97 Å². The molecule has 0 saturated carbocycles. The highest BCUT2D eigenvalue weighted by Gasteiger charge is 2.28. The predicted molar refractivity (Wildman–Crippen MR) is 158 cm³/mol. The average Bonchev–Trinajstić information content (AvgIpc) is 3.77. The predicted octanol–water partition coefficient (Wildman–Crippen LogP) is 5.69. The summed E-state index contributed by atoms with van der Waals surface area (Å²) in [5.41, 5.74) is 8.95. The summed E-state index contributed by atoms with van der Waals surface area (Å²) in [6.45, 7) is 5.32. The molecule has 0 aliphatic carbocycles. The average molecular weight is 579 g/mol. The minimum absolute atomic E-state index is 0.357. The van der Waals surface area contributed by atoms with E-state index >= 15 is 0 Å². The first-order valence-electron chi connectivity index (χ1n) is 13.9. The van der Waals surface area contributed by atoms with Crippen LogP contribution in [0.1, 0.15) is 34.4 Å². The molecule has 0 spiro atoms. The van der Waals surface area contributed by atoms with Gasteiger partial charge in [0.05, 0.1) is 27.9 Å². The molecule has 1 unspecified atom stereocenters. The number of aliphatic carboxylic acids is 1. The maximum Gasteiger partial charge on any atom is 0.307 e. The summed E-state index contributed by atoms with van der Waals surface area (Å²) in [6, 6.07) is 17.8. The number of fused-ring (bicyclic) bond motifs is 2. The number of nitrogens with zero attached hydrogens (tertiary/aromatic N) is 5. The van der Waals surface area contributed by atoms with E-state index in [0.29, 0.717) is 53.6 Å². The lowest BCUT2D eigenvalue weighted by molar-refractivity contribution is -0.141. The molecule has 7 rings (SSSR count). The summed E-state index contributed by atoms with van der Waals surface area (Å²) in [4.78, 5) is 18.3. The SMILES string of the molecule is Cc1c(-c2nc3cc(CN4CCC(C(=O)O)C4)cc(C#N)c3o2)cccc1-c1cccc(-n2cc3c(n2)CNC3)c1Cl. The molecule has 2 N–H and O–H groups in total. The van der Waals surface area contributed by atoms with Gasteiger partial charge in [-0.2, -0.15) is 10.4 Å². The number of hydrogen-bond donors (Lipinski definition) is 2. The van der Waals surface area contributed by atoms with Gasteiger partial charge in [0.1, 0.15) is 11.6 Å². The van der Waals surface area contributed by atoms with Gasteiger partial charge in [-0.25, -0.2) is 9.67 Å². The van der Waals surface area contributed by atoms with Crippen molar-refractivity contribution in [2.45, 2.75) is 33.0 Å². The maximum atomic E-state index is 11.4. The van der Waals surface area contributed by atoms with Gasteiger partial charge in [0.15, 0.2) is 5.58 Å². The number of carboxylic acids is 1. The highest BCUT2D eigenvalue weighted by molar-refractivity contribution is 6.35. The molecular formula is C32H27ClN6O3. The number of benzene rings is 3. The van der Waals surface area contributed by atoms with Gasteiger partial charge in [-0.1, -0.05) is 35.9 Å². The molecule has 1 atom stereocenters. The van der Waals surface area contributed by atoms with Crippen molar-refractivity contribution >= 4 is 28.7 Å². The molecule has 10 heteroatoms. The van der Waals surface area contributed by atoms with E-state index in [0.717, 1.165) is 52.3 Å². The van der Waals surface area contributed by atoms with Crippen LogP contribution in [0.3, 0.4) is 0 Å². The lowest BCUT2D eigenvalue weighted by atomic mass is 9.96. The molecule has 1 fully saturated rings. The van der Waals surface area contributed by atoms with Crippen molar-refractivity contribution in [3.05, 3.63) is 87.7 Å². The molecule has 2 aromatic heterocycles. The second-order valence-corrected chi connectivity index (χ2v) is 11.3. The number of rotatable bonds is 6. The van der Waals surface area contributed by atoms with Crippen molar-refractivity contribution in [2.75, 3.05) is 13.1 Å². The summed E-state index contributed by atoms with van der Waals surface area (Å²) < 4.78 is 8.05. The molecular weight excluding hydrogens is 552 g/mol. The molecule has 1 saturated heterocycles. The summed E-state index contributed by atoms with van der Waals surface area (Å²) in [6.07, 6.45) is 2.65. The normalized spacial score (nSPS) is 16.6. The van der Waals surface area contributed by atoms with Crippen LogP contribution in [-0.2, 0) is 24.4 Å². The molecule has 3 aromatic carbocycles. The standard InChI is InChI=1S/C32H27ClN6O3/c1-18-23(25-6-3-7-28(29(25)33)39-17-22-13-35-14-27(22)37-39)4-2-5-24(18)31-36-26-11-19(10-21(12-34)30(26)42-31)15-38-9-8-20(16-38)32(40)41/h2-7,10-11,17,20,35H,8-9,13-16H2,1H3,(H,40,41). The molecule has 0 bridgehead atoms. The third-order valence-electron chi connectivity index (χ3n) is 8.26. The Morgan fingerprint density at radius 3 is 2.79 bits per heavy atom. The number of aromatic nitrogens is 3. The van der Waals surface area contributed by atoms with Crippen LogP contribution in [0.25, 0.3) is 39.4 Å². The van der Waals surface area contributed by atoms with Crippen molar-refractivity contribution in [1.82, 2.24) is 25.0 Å². The molecule has 2 aliphatic heterocycles. The molecule has 4 heterocycles. The van der Waals surface area contributed by atoms with Crippen molar-refractivity contribution in [2.24, 2.45) is 5.92 Å². The first-order valence-corrected chi connectivity index (χ1v) is 14.2. The summed E-state index contributed by atoms with van der Waals surface area (Å²) in [5, 5.41) is 27.9. The van der Waals surface area contributed by atoms with Crippen LogP contribution in [0.2, 0.25) is 5.02 Å². The van der Waals surface area contributed by atoms with E-state index in [1.165, 1.54) is 5.56 Å². The Hall–Kier alpha value is -4.49. The van der Waals surface area contributed by atoms with Gasteiger partial charge in [0.25, 0.3) is 0 Å². The van der Waals surface area contributed by atoms with Gasteiger partial charge in [-0.15, -0.1) is 0 Å². The number of carboxylic acid groups (broad SMARTS) is 1. The quantitative estimate of drug-likeness (QED) is 0.264. The van der Waals surface area contributed by atoms with Gasteiger partial charge >= 0.3 is 5.97 Å². The number of likely N-dealkylation sites (tertiary alicyclic amines) is 1. The molecule has 5 aromatic rings. The number of nitrogens with one attached hydrogen (secondary N) is 1. The summed E-state index contributed by atoms with van der Waals surface area (Å²) in [5.74, 6) is -0.696. The van der Waals surface area contributed by atoms with Gasteiger partial charge in [0.2, 0.25) is 5.89 Å². The first kappa shape index (κ1) is 26.4. The molecule has 2 aliphatic rings. The second-order valence-electron chi connectivity index (χ2n) is 10.9. The Morgan fingerprint density at radius 2 is 2.00 bits per heavy atom. The van der Waals surface area contributed by atoms with E-state index in [2.05, 4.69) is 16.3 Å². The van der Waals surface area contributed by atoms with E-state index in [1.807, 2.05) is 60.3 Å². The van der Waals surface area contributed by atoms with Crippen LogP contribution >= 0.6 is 11.6 Å². The minimum atomic E-state index is -0.764. The van der Waals surface area contributed by atoms with Crippen LogP contribution in [0.5, 0.6) is 0 Å². The van der Waals surface area contributed by atoms with E-state index in [1.54, 1.807) is 6.07 Å². The Kier molecular flexibility index (Phi) is 6.54. The fourth-order valence-corrected chi connectivity index (χ4v) is 6.38. The maximum absolute atomic E-state index is 11.4. The Morgan fingerprint density at radius 1 is 1.19 bits per heavy atom. The minimum Gasteiger partial charge on any atom is -0.481 e. The first-order chi connectivity index (χ1) is 20.4. The zero-order chi connectivity index (χ0) is 29.0. The number of carbonyl (C=O) groups is 1. The fourth-order valence-electron chi connectivity index (χ4n) is 6.06. The van der Waals surface area contributed by atoms with Crippen molar-refractivity contribution < 1.29 is 14.3 Å². The number of halogens is 1. The highest BCUT2D eigenvalue weighted by atomic mass is 35.5. The van der Waals surface area contributed by atoms with Crippen LogP contribution in [0, 0.1) is 24.2 Å².